The quantitative estimate of drug-likeness (QED) is 0.395. The average molecular weight is 295 g/mol. The molecule has 2 unspecified atom stereocenters. The fraction of sp³-hybridized carbons (Fsp3) is 0.778. The zero-order valence-corrected chi connectivity index (χ0v) is 13.8. The molecule has 1 fully saturated rings. The number of thioether (sulfide) groups is 1. The Kier molecular flexibility index (Phi) is 6.22. The standard InChI is InChI=1S/C18H30OS/c1-2-3-4-5-6-7-8-9-10-11-14-17-15-12-13-16-18(17,19)20-17/h12-13,15-16,19H,2-11,14H2,1H3. The Morgan fingerprint density at radius 2 is 1.35 bits per heavy atom. The molecule has 0 aromatic rings. The van der Waals surface area contributed by atoms with E-state index in [1.807, 2.05) is 12.2 Å². The highest BCUT2D eigenvalue weighted by Crippen LogP contribution is 2.67. The maximum Gasteiger partial charge on any atom is 0.148 e. The van der Waals surface area contributed by atoms with Crippen molar-refractivity contribution in [2.75, 3.05) is 0 Å². The molecule has 0 spiro atoms. The van der Waals surface area contributed by atoms with E-state index in [0.717, 1.165) is 6.42 Å². The van der Waals surface area contributed by atoms with Crippen molar-refractivity contribution in [1.82, 2.24) is 0 Å². The molecule has 0 aromatic heterocycles. The van der Waals surface area contributed by atoms with Gasteiger partial charge in [0.1, 0.15) is 4.93 Å². The second-order valence-electron chi connectivity index (χ2n) is 6.34. The van der Waals surface area contributed by atoms with Gasteiger partial charge in [0.05, 0.1) is 4.75 Å². The number of hydrogen-bond donors (Lipinski definition) is 1. The number of aliphatic hydroxyl groups is 1. The normalized spacial score (nSPS) is 30.5. The first-order valence-corrected chi connectivity index (χ1v) is 9.34. The van der Waals surface area contributed by atoms with Crippen molar-refractivity contribution in [3.8, 4) is 0 Å². The van der Waals surface area contributed by atoms with E-state index >= 15 is 0 Å². The minimum absolute atomic E-state index is 0.0297. The third-order valence-electron chi connectivity index (χ3n) is 4.60. The molecule has 1 saturated heterocycles. The monoisotopic (exact) mass is 294 g/mol. The second-order valence-corrected chi connectivity index (χ2v) is 7.89. The van der Waals surface area contributed by atoms with Gasteiger partial charge in [-0.05, 0) is 12.5 Å². The molecule has 2 heteroatoms. The summed E-state index contributed by atoms with van der Waals surface area (Å²) in [6.07, 6.45) is 23.1. The van der Waals surface area contributed by atoms with Crippen LogP contribution in [-0.2, 0) is 0 Å². The van der Waals surface area contributed by atoms with Gasteiger partial charge in [0.2, 0.25) is 0 Å². The zero-order chi connectivity index (χ0) is 14.3. The van der Waals surface area contributed by atoms with Crippen molar-refractivity contribution in [3.63, 3.8) is 0 Å². The summed E-state index contributed by atoms with van der Waals surface area (Å²) in [5.74, 6) is 0. The molecule has 0 radical (unpaired) electrons. The van der Waals surface area contributed by atoms with Gasteiger partial charge in [0.15, 0.2) is 0 Å². The van der Waals surface area contributed by atoms with Gasteiger partial charge in [0, 0.05) is 0 Å². The van der Waals surface area contributed by atoms with Crippen LogP contribution in [0.1, 0.15) is 77.6 Å². The molecule has 1 aliphatic carbocycles. The van der Waals surface area contributed by atoms with Gasteiger partial charge in [-0.15, -0.1) is 11.8 Å². The van der Waals surface area contributed by atoms with E-state index < -0.39 is 4.93 Å². The topological polar surface area (TPSA) is 20.2 Å². The van der Waals surface area contributed by atoms with Crippen LogP contribution in [0.25, 0.3) is 0 Å². The van der Waals surface area contributed by atoms with Crippen molar-refractivity contribution < 1.29 is 5.11 Å². The van der Waals surface area contributed by atoms with Crippen molar-refractivity contribution in [3.05, 3.63) is 24.3 Å². The molecular formula is C18H30OS. The zero-order valence-electron chi connectivity index (χ0n) is 12.9. The van der Waals surface area contributed by atoms with Crippen LogP contribution in [0.4, 0.5) is 0 Å². The Hall–Kier alpha value is -0.210. The molecule has 1 heterocycles. The van der Waals surface area contributed by atoms with Crippen molar-refractivity contribution in [2.24, 2.45) is 0 Å². The minimum atomic E-state index is -0.568. The Balaban J connectivity index is 1.43. The number of hydrogen-bond acceptors (Lipinski definition) is 2. The first-order valence-electron chi connectivity index (χ1n) is 8.52. The van der Waals surface area contributed by atoms with Gasteiger partial charge < -0.3 is 5.11 Å². The number of allylic oxidation sites excluding steroid dienone is 2. The Bertz CT molecular complexity index is 349. The van der Waals surface area contributed by atoms with Crippen LogP contribution < -0.4 is 0 Å². The summed E-state index contributed by atoms with van der Waals surface area (Å²) in [6, 6.07) is 0. The molecule has 114 valence electrons. The largest absolute Gasteiger partial charge is 0.374 e. The maximum atomic E-state index is 10.3. The average Bonchev–Trinajstić information content (AvgIpc) is 3.07. The van der Waals surface area contributed by atoms with E-state index in [-0.39, 0.29) is 4.75 Å². The van der Waals surface area contributed by atoms with E-state index in [4.69, 9.17) is 0 Å². The Morgan fingerprint density at radius 3 is 1.95 bits per heavy atom. The lowest BCUT2D eigenvalue weighted by molar-refractivity contribution is 0.193. The number of unbranched alkanes of at least 4 members (excludes halogenated alkanes) is 9. The predicted octanol–water partition coefficient (Wildman–Crippen LogP) is 5.60. The van der Waals surface area contributed by atoms with Crippen LogP contribution in [0.3, 0.4) is 0 Å². The molecule has 2 rings (SSSR count). The van der Waals surface area contributed by atoms with E-state index in [9.17, 15) is 5.11 Å². The molecule has 0 amide bonds. The fourth-order valence-electron chi connectivity index (χ4n) is 3.17. The summed E-state index contributed by atoms with van der Waals surface area (Å²) in [4.78, 5) is -0.568. The van der Waals surface area contributed by atoms with Gasteiger partial charge >= 0.3 is 0 Å². The molecule has 0 saturated carbocycles. The molecule has 20 heavy (non-hydrogen) atoms. The van der Waals surface area contributed by atoms with Crippen molar-refractivity contribution >= 4 is 11.8 Å². The molecule has 1 nitrogen and oxygen atoms in total. The van der Waals surface area contributed by atoms with Crippen LogP contribution in [0.15, 0.2) is 24.3 Å². The van der Waals surface area contributed by atoms with Gasteiger partial charge in [0.25, 0.3) is 0 Å². The summed E-state index contributed by atoms with van der Waals surface area (Å²) in [5, 5.41) is 10.3. The van der Waals surface area contributed by atoms with Crippen LogP contribution in [0, 0.1) is 0 Å². The van der Waals surface area contributed by atoms with E-state index in [2.05, 4.69) is 19.1 Å². The summed E-state index contributed by atoms with van der Waals surface area (Å²) >= 11 is 1.71. The highest BCUT2D eigenvalue weighted by Gasteiger charge is 2.65. The third-order valence-corrected chi connectivity index (χ3v) is 6.23. The smallest absolute Gasteiger partial charge is 0.148 e. The van der Waals surface area contributed by atoms with Crippen molar-refractivity contribution in [1.29, 1.82) is 0 Å². The minimum Gasteiger partial charge on any atom is -0.374 e. The molecule has 0 aromatic carbocycles. The molecular weight excluding hydrogens is 264 g/mol. The van der Waals surface area contributed by atoms with Crippen LogP contribution >= 0.6 is 11.8 Å². The van der Waals surface area contributed by atoms with Crippen molar-refractivity contribution in [2.45, 2.75) is 87.2 Å². The fourth-order valence-corrected chi connectivity index (χ4v) is 4.45. The van der Waals surface area contributed by atoms with E-state index in [0.29, 0.717) is 0 Å². The van der Waals surface area contributed by atoms with Gasteiger partial charge in [-0.3, -0.25) is 0 Å². The molecule has 2 atom stereocenters. The summed E-state index contributed by atoms with van der Waals surface area (Å²) in [6.45, 7) is 2.27. The molecule has 1 aliphatic heterocycles. The molecule has 1 N–H and O–H groups in total. The van der Waals surface area contributed by atoms with Gasteiger partial charge in [-0.2, -0.15) is 0 Å². The first kappa shape index (κ1) is 16.2. The van der Waals surface area contributed by atoms with Crippen LogP contribution in [0.2, 0.25) is 0 Å². The Labute approximate surface area is 128 Å². The maximum absolute atomic E-state index is 10.3. The highest BCUT2D eigenvalue weighted by molar-refractivity contribution is 8.09. The van der Waals surface area contributed by atoms with E-state index in [1.54, 1.807) is 11.8 Å². The third kappa shape index (κ3) is 4.14. The van der Waals surface area contributed by atoms with E-state index in [1.165, 1.54) is 64.2 Å². The predicted molar refractivity (Wildman–Crippen MR) is 90.0 cm³/mol. The highest BCUT2D eigenvalue weighted by atomic mass is 32.2. The summed E-state index contributed by atoms with van der Waals surface area (Å²) in [5.41, 5.74) is 0. The van der Waals surface area contributed by atoms with Gasteiger partial charge in [-0.1, -0.05) is 89.4 Å². The summed E-state index contributed by atoms with van der Waals surface area (Å²) < 4.78 is 0.0297. The second kappa shape index (κ2) is 7.70. The number of fused-ring (bicyclic) bond motifs is 1. The SMILES string of the molecule is CCCCCCCCCCCCC12C=CC=CC1(O)S2. The lowest BCUT2D eigenvalue weighted by Gasteiger charge is -2.15. The van der Waals surface area contributed by atoms with Crippen LogP contribution in [0.5, 0.6) is 0 Å². The summed E-state index contributed by atoms with van der Waals surface area (Å²) in [7, 11) is 0. The number of rotatable bonds is 11. The van der Waals surface area contributed by atoms with Crippen LogP contribution in [-0.4, -0.2) is 14.8 Å². The van der Waals surface area contributed by atoms with Gasteiger partial charge in [-0.25, -0.2) is 0 Å². The lowest BCUT2D eigenvalue weighted by atomic mass is 9.91. The Morgan fingerprint density at radius 1 is 0.800 bits per heavy atom. The molecule has 2 aliphatic rings. The molecule has 0 bridgehead atoms. The first-order chi connectivity index (χ1) is 9.72. The lowest BCUT2D eigenvalue weighted by Crippen LogP contribution is -2.23.